The monoisotopic (exact) mass is 267 g/mol. The van der Waals surface area contributed by atoms with E-state index in [-0.39, 0.29) is 18.5 Å². The fraction of sp³-hybridized carbons (Fsp3) is 0.583. The zero-order valence-electron chi connectivity index (χ0n) is 11.6. The van der Waals surface area contributed by atoms with Crippen LogP contribution in [-0.4, -0.2) is 35.1 Å². The molecule has 0 aliphatic carbocycles. The molecule has 0 aliphatic rings. The highest BCUT2D eigenvalue weighted by Gasteiger charge is 2.10. The van der Waals surface area contributed by atoms with Crippen molar-refractivity contribution in [2.45, 2.75) is 33.2 Å². The summed E-state index contributed by atoms with van der Waals surface area (Å²) in [6.45, 7) is 6.43. The Morgan fingerprint density at radius 3 is 2.84 bits per heavy atom. The predicted octanol–water partition coefficient (Wildman–Crippen LogP) is 0.784. The Hall–Kier alpha value is -2.05. The van der Waals surface area contributed by atoms with Gasteiger partial charge in [0.1, 0.15) is 12.0 Å². The van der Waals surface area contributed by atoms with Crippen LogP contribution in [0.3, 0.4) is 0 Å². The topological polar surface area (TPSA) is 102 Å². The van der Waals surface area contributed by atoms with Gasteiger partial charge in [-0.05, 0) is 20.3 Å². The van der Waals surface area contributed by atoms with E-state index >= 15 is 0 Å². The maximum Gasteiger partial charge on any atom is 0.242 e. The molecule has 1 aromatic heterocycles. The van der Waals surface area contributed by atoms with Gasteiger partial charge in [0.15, 0.2) is 5.82 Å². The van der Waals surface area contributed by atoms with Crippen LogP contribution in [0.15, 0.2) is 6.33 Å². The van der Waals surface area contributed by atoms with Crippen LogP contribution < -0.4 is 21.1 Å². The van der Waals surface area contributed by atoms with Gasteiger partial charge in [-0.2, -0.15) is 4.98 Å². The van der Waals surface area contributed by atoms with Crippen molar-refractivity contribution in [2.75, 3.05) is 24.2 Å². The summed E-state index contributed by atoms with van der Waals surface area (Å²) in [6, 6.07) is 0.0977. The van der Waals surface area contributed by atoms with Gasteiger partial charge in [0.05, 0.1) is 13.2 Å². The molecule has 1 amide bonds. The number of hydrogen-bond acceptors (Lipinski definition) is 6. The summed E-state index contributed by atoms with van der Waals surface area (Å²) in [5.74, 6) is 0.618. The van der Waals surface area contributed by atoms with Crippen LogP contribution >= 0.6 is 0 Å². The first kappa shape index (κ1) is 15.0. The van der Waals surface area contributed by atoms with E-state index in [0.29, 0.717) is 24.0 Å². The lowest BCUT2D eigenvalue weighted by atomic mass is 10.4. The molecule has 1 heterocycles. The van der Waals surface area contributed by atoms with E-state index < -0.39 is 0 Å². The molecule has 1 rings (SSSR count). The smallest absolute Gasteiger partial charge is 0.242 e. The van der Waals surface area contributed by atoms with Gasteiger partial charge in [-0.1, -0.05) is 6.92 Å². The second kappa shape index (κ2) is 7.40. The van der Waals surface area contributed by atoms with E-state index in [0.717, 1.165) is 6.42 Å². The summed E-state index contributed by atoms with van der Waals surface area (Å²) in [7, 11) is 0. The number of carbonyl (C=O) groups is 1. The maximum absolute atomic E-state index is 11.5. The van der Waals surface area contributed by atoms with Gasteiger partial charge in [-0.25, -0.2) is 4.98 Å². The SMILES string of the molecule is CCCOc1ncnc(NCC(=O)NC(C)C)c1N. The summed E-state index contributed by atoms with van der Waals surface area (Å²) in [4.78, 5) is 19.4. The second-order valence-corrected chi connectivity index (χ2v) is 4.37. The van der Waals surface area contributed by atoms with Crippen molar-refractivity contribution >= 4 is 17.4 Å². The number of aromatic nitrogens is 2. The standard InChI is InChI=1S/C12H21N5O2/c1-4-5-19-12-10(13)11(15-7-16-12)14-6-9(18)17-8(2)3/h7-8H,4-6,13H2,1-3H3,(H,17,18)(H,14,15,16). The summed E-state index contributed by atoms with van der Waals surface area (Å²) < 4.78 is 5.38. The lowest BCUT2D eigenvalue weighted by Gasteiger charge is -2.12. The van der Waals surface area contributed by atoms with Crippen molar-refractivity contribution < 1.29 is 9.53 Å². The Bertz CT molecular complexity index is 423. The first-order chi connectivity index (χ1) is 9.04. The molecule has 7 heteroatoms. The van der Waals surface area contributed by atoms with Gasteiger partial charge in [-0.3, -0.25) is 4.79 Å². The van der Waals surface area contributed by atoms with Gasteiger partial charge in [0.25, 0.3) is 0 Å². The quantitative estimate of drug-likeness (QED) is 0.675. The van der Waals surface area contributed by atoms with Gasteiger partial charge in [0.2, 0.25) is 11.8 Å². The zero-order valence-corrected chi connectivity index (χ0v) is 11.6. The molecule has 0 fully saturated rings. The van der Waals surface area contributed by atoms with Gasteiger partial charge < -0.3 is 21.1 Å². The van der Waals surface area contributed by atoms with E-state index in [4.69, 9.17) is 10.5 Å². The van der Waals surface area contributed by atoms with Crippen LogP contribution in [0.4, 0.5) is 11.5 Å². The molecule has 0 aliphatic heterocycles. The lowest BCUT2D eigenvalue weighted by molar-refractivity contribution is -0.119. The largest absolute Gasteiger partial charge is 0.476 e. The number of carbonyl (C=O) groups excluding carboxylic acids is 1. The number of ether oxygens (including phenoxy) is 1. The fourth-order valence-electron chi connectivity index (χ4n) is 1.37. The number of hydrogen-bond donors (Lipinski definition) is 3. The van der Waals surface area contributed by atoms with Crippen LogP contribution in [0, 0.1) is 0 Å². The molecule has 0 aromatic carbocycles. The van der Waals surface area contributed by atoms with E-state index in [1.807, 2.05) is 20.8 Å². The molecule has 0 atom stereocenters. The molecule has 0 saturated heterocycles. The number of anilines is 2. The third kappa shape index (κ3) is 4.99. The molecule has 19 heavy (non-hydrogen) atoms. The minimum Gasteiger partial charge on any atom is -0.476 e. The minimum atomic E-state index is -0.121. The predicted molar refractivity (Wildman–Crippen MR) is 74.0 cm³/mol. The van der Waals surface area contributed by atoms with Crippen LogP contribution in [-0.2, 0) is 4.79 Å². The van der Waals surface area contributed by atoms with E-state index in [1.54, 1.807) is 0 Å². The molecule has 0 bridgehead atoms. The van der Waals surface area contributed by atoms with Crippen molar-refractivity contribution in [3.8, 4) is 5.88 Å². The van der Waals surface area contributed by atoms with E-state index in [2.05, 4.69) is 20.6 Å². The van der Waals surface area contributed by atoms with Crippen molar-refractivity contribution in [3.05, 3.63) is 6.33 Å². The summed E-state index contributed by atoms with van der Waals surface area (Å²) in [5.41, 5.74) is 6.18. The molecule has 0 spiro atoms. The first-order valence-corrected chi connectivity index (χ1v) is 6.31. The van der Waals surface area contributed by atoms with Crippen molar-refractivity contribution in [1.82, 2.24) is 15.3 Å². The Balaban J connectivity index is 2.61. The third-order valence-electron chi connectivity index (χ3n) is 2.16. The minimum absolute atomic E-state index is 0.0977. The highest BCUT2D eigenvalue weighted by atomic mass is 16.5. The van der Waals surface area contributed by atoms with Crippen molar-refractivity contribution in [3.63, 3.8) is 0 Å². The molecule has 4 N–H and O–H groups in total. The zero-order chi connectivity index (χ0) is 14.3. The molecule has 0 saturated carbocycles. The molecule has 1 aromatic rings. The number of rotatable bonds is 7. The maximum atomic E-state index is 11.5. The first-order valence-electron chi connectivity index (χ1n) is 6.31. The number of nitrogens with two attached hydrogens (primary N) is 1. The van der Waals surface area contributed by atoms with Crippen LogP contribution in [0.1, 0.15) is 27.2 Å². The summed E-state index contributed by atoms with van der Waals surface area (Å²) in [6.07, 6.45) is 2.22. The Labute approximate surface area is 113 Å². The molecule has 0 unspecified atom stereocenters. The fourth-order valence-corrected chi connectivity index (χ4v) is 1.37. The summed E-state index contributed by atoms with van der Waals surface area (Å²) >= 11 is 0. The number of nitrogens with zero attached hydrogens (tertiary/aromatic N) is 2. The molecule has 0 radical (unpaired) electrons. The van der Waals surface area contributed by atoms with Crippen LogP contribution in [0.2, 0.25) is 0 Å². The Morgan fingerprint density at radius 2 is 2.21 bits per heavy atom. The van der Waals surface area contributed by atoms with Crippen LogP contribution in [0.25, 0.3) is 0 Å². The Kier molecular flexibility index (Phi) is 5.84. The van der Waals surface area contributed by atoms with Crippen molar-refractivity contribution in [1.29, 1.82) is 0 Å². The Morgan fingerprint density at radius 1 is 1.47 bits per heavy atom. The highest BCUT2D eigenvalue weighted by molar-refractivity contribution is 5.82. The van der Waals surface area contributed by atoms with Gasteiger partial charge >= 0.3 is 0 Å². The number of amides is 1. The highest BCUT2D eigenvalue weighted by Crippen LogP contribution is 2.24. The molecular formula is C12H21N5O2. The average molecular weight is 267 g/mol. The molecular weight excluding hydrogens is 246 g/mol. The van der Waals surface area contributed by atoms with Gasteiger partial charge in [-0.15, -0.1) is 0 Å². The molecule has 7 nitrogen and oxygen atoms in total. The second-order valence-electron chi connectivity index (χ2n) is 4.37. The number of nitrogen functional groups attached to an aromatic ring is 1. The molecule has 106 valence electrons. The van der Waals surface area contributed by atoms with E-state index in [1.165, 1.54) is 6.33 Å². The van der Waals surface area contributed by atoms with E-state index in [9.17, 15) is 4.79 Å². The normalized spacial score (nSPS) is 10.3. The lowest BCUT2D eigenvalue weighted by Crippen LogP contribution is -2.35. The summed E-state index contributed by atoms with van der Waals surface area (Å²) in [5, 5.41) is 5.63. The third-order valence-corrected chi connectivity index (χ3v) is 2.16. The van der Waals surface area contributed by atoms with Crippen molar-refractivity contribution in [2.24, 2.45) is 0 Å². The number of nitrogens with one attached hydrogen (secondary N) is 2. The van der Waals surface area contributed by atoms with Gasteiger partial charge in [0, 0.05) is 6.04 Å². The average Bonchev–Trinajstić information content (AvgIpc) is 2.35. The van der Waals surface area contributed by atoms with Crippen LogP contribution in [0.5, 0.6) is 5.88 Å².